The fourth-order valence-corrected chi connectivity index (χ4v) is 5.99. The maximum absolute atomic E-state index is 14.7. The summed E-state index contributed by atoms with van der Waals surface area (Å²) in [4.78, 5) is 17.2. The van der Waals surface area contributed by atoms with E-state index in [4.69, 9.17) is 0 Å². The standard InChI is InChI=1S/C23H28FN3O3S/c1-2-6-31(29,30)7-5-13-10-17-20(11-19(13)24)25-12-18(23(28)26-16-3-4-16)22(17)27-21-14-8-15(21)9-14/h10-12,14-16,21H,2-9H2,1H3,(H,25,27)(H,26,28). The predicted octanol–water partition coefficient (Wildman–Crippen LogP) is 3.45. The highest BCUT2D eigenvalue weighted by molar-refractivity contribution is 7.91. The Balaban J connectivity index is 1.51. The summed E-state index contributed by atoms with van der Waals surface area (Å²) in [5.41, 5.74) is 1.98. The van der Waals surface area contributed by atoms with Gasteiger partial charge in [0.05, 0.1) is 22.5 Å². The summed E-state index contributed by atoms with van der Waals surface area (Å²) in [6.07, 6.45) is 6.60. The minimum atomic E-state index is -3.22. The molecule has 1 aromatic heterocycles. The highest BCUT2D eigenvalue weighted by Crippen LogP contribution is 2.55. The van der Waals surface area contributed by atoms with Crippen LogP contribution in [-0.2, 0) is 16.3 Å². The van der Waals surface area contributed by atoms with E-state index in [0.29, 0.717) is 52.0 Å². The average Bonchev–Trinajstić information content (AvgIpc) is 3.46. The molecule has 31 heavy (non-hydrogen) atoms. The van der Waals surface area contributed by atoms with E-state index < -0.39 is 15.7 Å². The summed E-state index contributed by atoms with van der Waals surface area (Å²) in [7, 11) is -3.22. The maximum atomic E-state index is 14.7. The zero-order valence-electron chi connectivity index (χ0n) is 17.7. The SMILES string of the molecule is CCCS(=O)(=O)CCc1cc2c(NC3C4CC3C4)c(C(=O)NC3CC3)cnc2cc1F. The molecule has 2 N–H and O–H groups in total. The number of sulfone groups is 1. The van der Waals surface area contributed by atoms with Crippen LogP contribution in [0.25, 0.3) is 10.9 Å². The number of carbonyl (C=O) groups is 1. The molecule has 1 aromatic carbocycles. The van der Waals surface area contributed by atoms with Crippen molar-refractivity contribution in [3.8, 4) is 0 Å². The van der Waals surface area contributed by atoms with Crippen LogP contribution in [0.5, 0.6) is 0 Å². The molecule has 166 valence electrons. The van der Waals surface area contributed by atoms with Gasteiger partial charge >= 0.3 is 0 Å². The van der Waals surface area contributed by atoms with Crippen molar-refractivity contribution >= 4 is 32.3 Å². The monoisotopic (exact) mass is 445 g/mol. The number of carbonyl (C=O) groups excluding carboxylic acids is 1. The second-order valence-corrected chi connectivity index (χ2v) is 11.6. The summed E-state index contributed by atoms with van der Waals surface area (Å²) in [5, 5.41) is 7.26. The van der Waals surface area contributed by atoms with Crippen molar-refractivity contribution in [1.29, 1.82) is 0 Å². The minimum absolute atomic E-state index is 0.0892. The van der Waals surface area contributed by atoms with E-state index in [0.717, 1.165) is 12.8 Å². The molecule has 0 radical (unpaired) electrons. The third-order valence-electron chi connectivity index (χ3n) is 6.93. The number of hydrogen-bond donors (Lipinski definition) is 2. The number of anilines is 1. The lowest BCUT2D eigenvalue weighted by Gasteiger charge is -2.58. The second kappa shape index (κ2) is 7.73. The summed E-state index contributed by atoms with van der Waals surface area (Å²) >= 11 is 0. The molecule has 0 spiro atoms. The quantitative estimate of drug-likeness (QED) is 0.617. The van der Waals surface area contributed by atoms with E-state index in [1.807, 2.05) is 6.92 Å². The van der Waals surface area contributed by atoms with Crippen molar-refractivity contribution in [2.45, 2.75) is 57.5 Å². The fourth-order valence-electron chi connectivity index (χ4n) is 4.64. The van der Waals surface area contributed by atoms with Crippen LogP contribution >= 0.6 is 0 Å². The first-order valence-corrected chi connectivity index (χ1v) is 13.1. The lowest BCUT2D eigenvalue weighted by atomic mass is 9.52. The van der Waals surface area contributed by atoms with Crippen LogP contribution in [0, 0.1) is 17.7 Å². The van der Waals surface area contributed by atoms with Crippen LogP contribution in [0.3, 0.4) is 0 Å². The van der Waals surface area contributed by atoms with Crippen LogP contribution in [0.4, 0.5) is 10.1 Å². The van der Waals surface area contributed by atoms with Crippen molar-refractivity contribution in [3.05, 3.63) is 35.3 Å². The Morgan fingerprint density at radius 2 is 1.94 bits per heavy atom. The molecule has 0 atom stereocenters. The molecular formula is C23H28FN3O3S. The Bertz CT molecular complexity index is 1130. The van der Waals surface area contributed by atoms with Crippen LogP contribution in [0.2, 0.25) is 0 Å². The number of pyridine rings is 1. The minimum Gasteiger partial charge on any atom is -0.381 e. The Morgan fingerprint density at radius 3 is 2.55 bits per heavy atom. The first kappa shape index (κ1) is 20.7. The van der Waals surface area contributed by atoms with E-state index in [1.165, 1.54) is 25.1 Å². The number of benzene rings is 1. The molecule has 4 saturated carbocycles. The van der Waals surface area contributed by atoms with Gasteiger partial charge in [0.1, 0.15) is 5.82 Å². The predicted molar refractivity (Wildman–Crippen MR) is 118 cm³/mol. The third-order valence-corrected chi connectivity index (χ3v) is 8.78. The number of nitrogens with zero attached hydrogens (tertiary/aromatic N) is 1. The lowest BCUT2D eigenvalue weighted by molar-refractivity contribution is -0.00385. The van der Waals surface area contributed by atoms with Gasteiger partial charge in [-0.2, -0.15) is 0 Å². The molecule has 6 rings (SSSR count). The number of fused-ring (bicyclic) bond motifs is 1. The summed E-state index contributed by atoms with van der Waals surface area (Å²) in [6, 6.07) is 3.60. The molecule has 0 aliphatic heterocycles. The molecule has 8 heteroatoms. The van der Waals surface area contributed by atoms with Gasteiger partial charge in [0.15, 0.2) is 9.84 Å². The van der Waals surface area contributed by atoms with E-state index in [2.05, 4.69) is 15.6 Å². The third kappa shape index (κ3) is 4.02. The number of rotatable bonds is 9. The van der Waals surface area contributed by atoms with Gasteiger partial charge in [0, 0.05) is 35.5 Å². The highest BCUT2D eigenvalue weighted by atomic mass is 32.2. The number of halogens is 1. The van der Waals surface area contributed by atoms with Crippen LogP contribution in [-0.4, -0.2) is 42.9 Å². The second-order valence-electron chi connectivity index (χ2n) is 9.32. The zero-order valence-corrected chi connectivity index (χ0v) is 18.5. The highest BCUT2D eigenvalue weighted by Gasteiger charge is 2.52. The normalized spacial score (nSPS) is 24.4. The molecule has 1 heterocycles. The van der Waals surface area contributed by atoms with Crippen LogP contribution < -0.4 is 10.6 Å². The van der Waals surface area contributed by atoms with Crippen LogP contribution in [0.1, 0.15) is 54.9 Å². The molecule has 4 aliphatic carbocycles. The topological polar surface area (TPSA) is 88.2 Å². The fraction of sp³-hybridized carbons (Fsp3) is 0.565. The Kier molecular flexibility index (Phi) is 5.15. The largest absolute Gasteiger partial charge is 0.381 e. The van der Waals surface area contributed by atoms with Gasteiger partial charge in [0.2, 0.25) is 0 Å². The summed E-state index contributed by atoms with van der Waals surface area (Å²) < 4.78 is 39.0. The number of aryl methyl sites for hydroxylation is 1. The molecule has 2 bridgehead atoms. The molecule has 1 amide bonds. The number of amides is 1. The average molecular weight is 446 g/mol. The Morgan fingerprint density at radius 1 is 1.19 bits per heavy atom. The van der Waals surface area contributed by atoms with E-state index in [1.54, 1.807) is 6.07 Å². The molecule has 2 aromatic rings. The Hall–Kier alpha value is -2.22. The summed E-state index contributed by atoms with van der Waals surface area (Å²) in [5.74, 6) is 0.655. The first-order valence-electron chi connectivity index (χ1n) is 11.2. The van der Waals surface area contributed by atoms with Crippen molar-refractivity contribution in [2.24, 2.45) is 11.8 Å². The molecule has 0 saturated heterocycles. The van der Waals surface area contributed by atoms with Gasteiger partial charge in [-0.3, -0.25) is 9.78 Å². The van der Waals surface area contributed by atoms with Crippen molar-refractivity contribution in [2.75, 3.05) is 16.8 Å². The maximum Gasteiger partial charge on any atom is 0.255 e. The van der Waals surface area contributed by atoms with Gasteiger partial charge in [-0.05, 0) is 62.0 Å². The van der Waals surface area contributed by atoms with Gasteiger partial charge in [0.25, 0.3) is 5.91 Å². The van der Waals surface area contributed by atoms with E-state index >= 15 is 0 Å². The van der Waals surface area contributed by atoms with Gasteiger partial charge < -0.3 is 10.6 Å². The van der Waals surface area contributed by atoms with Gasteiger partial charge in [-0.25, -0.2) is 12.8 Å². The molecular weight excluding hydrogens is 417 g/mol. The smallest absolute Gasteiger partial charge is 0.255 e. The number of hydrogen-bond acceptors (Lipinski definition) is 5. The van der Waals surface area contributed by atoms with Crippen molar-refractivity contribution in [1.82, 2.24) is 10.3 Å². The zero-order chi connectivity index (χ0) is 21.8. The van der Waals surface area contributed by atoms with E-state index in [9.17, 15) is 17.6 Å². The molecule has 6 nitrogen and oxygen atoms in total. The molecule has 4 aliphatic rings. The molecule has 0 unspecified atom stereocenters. The van der Waals surface area contributed by atoms with Crippen molar-refractivity contribution in [3.63, 3.8) is 0 Å². The number of aromatic nitrogens is 1. The first-order chi connectivity index (χ1) is 14.8. The number of nitrogens with one attached hydrogen (secondary N) is 2. The summed E-state index contributed by atoms with van der Waals surface area (Å²) in [6.45, 7) is 1.82. The Labute approximate surface area is 181 Å². The van der Waals surface area contributed by atoms with Gasteiger partial charge in [-0.15, -0.1) is 0 Å². The van der Waals surface area contributed by atoms with Crippen molar-refractivity contribution < 1.29 is 17.6 Å². The van der Waals surface area contributed by atoms with E-state index in [-0.39, 0.29) is 29.9 Å². The lowest BCUT2D eigenvalue weighted by Crippen LogP contribution is -2.59. The van der Waals surface area contributed by atoms with Crippen LogP contribution in [0.15, 0.2) is 18.3 Å². The molecule has 4 fully saturated rings. The van der Waals surface area contributed by atoms with Gasteiger partial charge in [-0.1, -0.05) is 6.92 Å².